The van der Waals surface area contributed by atoms with E-state index in [9.17, 15) is 9.59 Å². The highest BCUT2D eigenvalue weighted by molar-refractivity contribution is 5.89. The molecule has 2 amide bonds. The molecule has 1 N–H and O–H groups in total. The lowest BCUT2D eigenvalue weighted by Crippen LogP contribution is -2.38. The zero-order valence-electron chi connectivity index (χ0n) is 17.6. The summed E-state index contributed by atoms with van der Waals surface area (Å²) in [6, 6.07) is 18.6. The molecule has 5 nitrogen and oxygen atoms in total. The maximum absolute atomic E-state index is 12.7. The van der Waals surface area contributed by atoms with Crippen molar-refractivity contribution in [2.75, 3.05) is 27.2 Å². The summed E-state index contributed by atoms with van der Waals surface area (Å²) in [6.45, 7) is 3.72. The zero-order chi connectivity index (χ0) is 20.8. The Hall–Kier alpha value is -2.66. The van der Waals surface area contributed by atoms with Crippen LogP contribution in [0.5, 0.6) is 0 Å². The summed E-state index contributed by atoms with van der Waals surface area (Å²) in [7, 11) is 4.04. The van der Waals surface area contributed by atoms with Crippen LogP contribution in [0.25, 0.3) is 0 Å². The van der Waals surface area contributed by atoms with Crippen molar-refractivity contribution >= 4 is 11.8 Å². The Morgan fingerprint density at radius 1 is 1.10 bits per heavy atom. The fourth-order valence-electron chi connectivity index (χ4n) is 3.82. The molecule has 0 saturated carbocycles. The van der Waals surface area contributed by atoms with Crippen molar-refractivity contribution in [3.8, 4) is 0 Å². The second-order valence-corrected chi connectivity index (χ2v) is 7.98. The van der Waals surface area contributed by atoms with E-state index in [-0.39, 0.29) is 30.2 Å². The van der Waals surface area contributed by atoms with Crippen molar-refractivity contribution in [2.45, 2.75) is 32.4 Å². The Morgan fingerprint density at radius 3 is 2.41 bits per heavy atom. The largest absolute Gasteiger partial charge is 0.354 e. The van der Waals surface area contributed by atoms with E-state index < -0.39 is 0 Å². The van der Waals surface area contributed by atoms with Gasteiger partial charge in [0, 0.05) is 26.1 Å². The molecule has 1 fully saturated rings. The second-order valence-electron chi connectivity index (χ2n) is 7.98. The van der Waals surface area contributed by atoms with Gasteiger partial charge in [0.05, 0.1) is 12.0 Å². The van der Waals surface area contributed by atoms with E-state index >= 15 is 0 Å². The van der Waals surface area contributed by atoms with Crippen LogP contribution in [0.1, 0.15) is 36.1 Å². The van der Waals surface area contributed by atoms with E-state index in [0.717, 1.165) is 12.0 Å². The molecule has 2 aromatic rings. The highest BCUT2D eigenvalue weighted by atomic mass is 16.2. The van der Waals surface area contributed by atoms with Gasteiger partial charge in [0.25, 0.3) is 0 Å². The van der Waals surface area contributed by atoms with Crippen LogP contribution >= 0.6 is 0 Å². The predicted molar refractivity (Wildman–Crippen MR) is 115 cm³/mol. The van der Waals surface area contributed by atoms with Crippen LogP contribution in [0.15, 0.2) is 54.6 Å². The third-order valence-electron chi connectivity index (χ3n) is 5.67. The molecule has 0 radical (unpaired) electrons. The van der Waals surface area contributed by atoms with E-state index in [1.54, 1.807) is 4.90 Å². The minimum absolute atomic E-state index is 0.0362. The summed E-state index contributed by atoms with van der Waals surface area (Å²) in [4.78, 5) is 29.0. The predicted octanol–water partition coefficient (Wildman–Crippen LogP) is 3.02. The SMILES string of the molecule is CCc1ccc(C(CNC(=O)C2CC(=O)N(Cc3ccccc3)C2)N(C)C)cc1. The molecule has 2 aromatic carbocycles. The van der Waals surface area contributed by atoms with E-state index in [1.807, 2.05) is 44.4 Å². The molecule has 1 heterocycles. The number of carbonyl (C=O) groups excluding carboxylic acids is 2. The molecule has 2 unspecified atom stereocenters. The minimum atomic E-state index is -0.281. The third-order valence-corrected chi connectivity index (χ3v) is 5.67. The molecule has 154 valence electrons. The number of carbonyl (C=O) groups is 2. The molecule has 0 aliphatic carbocycles. The van der Waals surface area contributed by atoms with Gasteiger partial charge in [-0.05, 0) is 37.2 Å². The first-order chi connectivity index (χ1) is 14.0. The van der Waals surface area contributed by atoms with Gasteiger partial charge in [0.15, 0.2) is 0 Å². The van der Waals surface area contributed by atoms with Gasteiger partial charge in [-0.3, -0.25) is 9.59 Å². The van der Waals surface area contributed by atoms with E-state index in [4.69, 9.17) is 0 Å². The van der Waals surface area contributed by atoms with Crippen LogP contribution in [-0.2, 0) is 22.6 Å². The van der Waals surface area contributed by atoms with Crippen LogP contribution in [0.2, 0.25) is 0 Å². The van der Waals surface area contributed by atoms with Crippen molar-refractivity contribution < 1.29 is 9.59 Å². The highest BCUT2D eigenvalue weighted by Crippen LogP contribution is 2.22. The van der Waals surface area contributed by atoms with Gasteiger partial charge in [-0.15, -0.1) is 0 Å². The molecular formula is C24H31N3O2. The summed E-state index contributed by atoms with van der Waals surface area (Å²) >= 11 is 0. The number of aryl methyl sites for hydroxylation is 1. The number of benzene rings is 2. The van der Waals surface area contributed by atoms with Crippen LogP contribution in [0.3, 0.4) is 0 Å². The molecule has 1 saturated heterocycles. The fraction of sp³-hybridized carbons (Fsp3) is 0.417. The number of rotatable bonds is 8. The quantitative estimate of drug-likeness (QED) is 0.750. The first kappa shape index (κ1) is 21.1. The molecule has 3 rings (SSSR count). The molecule has 0 bridgehead atoms. The fourth-order valence-corrected chi connectivity index (χ4v) is 3.82. The lowest BCUT2D eigenvalue weighted by atomic mass is 10.0. The van der Waals surface area contributed by atoms with Crippen LogP contribution in [0.4, 0.5) is 0 Å². The lowest BCUT2D eigenvalue weighted by molar-refractivity contribution is -0.129. The first-order valence-corrected chi connectivity index (χ1v) is 10.3. The van der Waals surface area contributed by atoms with Gasteiger partial charge < -0.3 is 15.1 Å². The van der Waals surface area contributed by atoms with Gasteiger partial charge in [-0.25, -0.2) is 0 Å². The van der Waals surface area contributed by atoms with Gasteiger partial charge >= 0.3 is 0 Å². The van der Waals surface area contributed by atoms with E-state index in [1.165, 1.54) is 11.1 Å². The second kappa shape index (κ2) is 9.70. The average Bonchev–Trinajstić information content (AvgIpc) is 3.09. The van der Waals surface area contributed by atoms with Crippen molar-refractivity contribution in [2.24, 2.45) is 5.92 Å². The number of likely N-dealkylation sites (tertiary alicyclic amines) is 1. The number of nitrogens with zero attached hydrogens (tertiary/aromatic N) is 2. The number of amides is 2. The highest BCUT2D eigenvalue weighted by Gasteiger charge is 2.34. The summed E-state index contributed by atoms with van der Waals surface area (Å²) < 4.78 is 0. The molecule has 0 aromatic heterocycles. The Bertz CT molecular complexity index is 818. The maximum Gasteiger partial charge on any atom is 0.225 e. The molecule has 1 aliphatic rings. The van der Waals surface area contributed by atoms with Crippen molar-refractivity contribution in [3.05, 3.63) is 71.3 Å². The summed E-state index contributed by atoms with van der Waals surface area (Å²) in [6.07, 6.45) is 1.30. The number of hydrogen-bond acceptors (Lipinski definition) is 3. The lowest BCUT2D eigenvalue weighted by Gasteiger charge is -2.26. The Morgan fingerprint density at radius 2 is 1.79 bits per heavy atom. The Labute approximate surface area is 173 Å². The molecule has 5 heteroatoms. The number of nitrogens with one attached hydrogen (secondary N) is 1. The standard InChI is InChI=1S/C24H31N3O2/c1-4-18-10-12-20(13-11-18)22(26(2)3)15-25-24(29)21-14-23(28)27(17-21)16-19-8-6-5-7-9-19/h5-13,21-22H,4,14-17H2,1-3H3,(H,25,29). The third kappa shape index (κ3) is 5.45. The minimum Gasteiger partial charge on any atom is -0.354 e. The normalized spacial score (nSPS) is 17.6. The first-order valence-electron chi connectivity index (χ1n) is 10.3. The summed E-state index contributed by atoms with van der Waals surface area (Å²) in [5.74, 6) is -0.268. The molecule has 2 atom stereocenters. The number of hydrogen-bond donors (Lipinski definition) is 1. The van der Waals surface area contributed by atoms with Crippen LogP contribution in [0, 0.1) is 5.92 Å². The van der Waals surface area contributed by atoms with E-state index in [2.05, 4.69) is 41.4 Å². The van der Waals surface area contributed by atoms with Crippen LogP contribution in [-0.4, -0.2) is 48.8 Å². The topological polar surface area (TPSA) is 52.7 Å². The number of likely N-dealkylation sites (N-methyl/N-ethyl adjacent to an activating group) is 1. The Balaban J connectivity index is 1.56. The molecule has 29 heavy (non-hydrogen) atoms. The smallest absolute Gasteiger partial charge is 0.225 e. The average molecular weight is 394 g/mol. The van der Waals surface area contributed by atoms with Gasteiger partial charge in [0.1, 0.15) is 0 Å². The van der Waals surface area contributed by atoms with Crippen molar-refractivity contribution in [1.29, 1.82) is 0 Å². The molecule has 0 spiro atoms. The zero-order valence-corrected chi connectivity index (χ0v) is 17.6. The van der Waals surface area contributed by atoms with E-state index in [0.29, 0.717) is 19.6 Å². The maximum atomic E-state index is 12.7. The van der Waals surface area contributed by atoms with Crippen molar-refractivity contribution in [3.63, 3.8) is 0 Å². The summed E-state index contributed by atoms with van der Waals surface area (Å²) in [5, 5.41) is 3.08. The molecule has 1 aliphatic heterocycles. The van der Waals surface area contributed by atoms with Gasteiger partial charge in [-0.2, -0.15) is 0 Å². The van der Waals surface area contributed by atoms with Crippen molar-refractivity contribution in [1.82, 2.24) is 15.1 Å². The van der Waals surface area contributed by atoms with Crippen LogP contribution < -0.4 is 5.32 Å². The van der Waals surface area contributed by atoms with Gasteiger partial charge in [-0.1, -0.05) is 61.5 Å². The summed E-state index contributed by atoms with van der Waals surface area (Å²) in [5.41, 5.74) is 3.57. The Kier molecular flexibility index (Phi) is 7.04. The molecular weight excluding hydrogens is 362 g/mol. The van der Waals surface area contributed by atoms with Gasteiger partial charge in [0.2, 0.25) is 11.8 Å². The monoisotopic (exact) mass is 393 g/mol.